The van der Waals surface area contributed by atoms with Crippen molar-refractivity contribution >= 4 is 29.4 Å². The Morgan fingerprint density at radius 1 is 1.06 bits per heavy atom. The summed E-state index contributed by atoms with van der Waals surface area (Å²) >= 11 is 11.8. The third-order valence-electron chi connectivity index (χ3n) is 2.21. The van der Waals surface area contributed by atoms with Crippen LogP contribution in [0.1, 0.15) is 5.56 Å². The molecule has 0 saturated heterocycles. The van der Waals surface area contributed by atoms with E-state index < -0.39 is 0 Å². The molecule has 0 saturated carbocycles. The Hall–Kier alpha value is -1.71. The van der Waals surface area contributed by atoms with E-state index in [-0.39, 0.29) is 0 Å². The van der Waals surface area contributed by atoms with Gasteiger partial charge in [-0.1, -0.05) is 28.4 Å². The van der Waals surface area contributed by atoms with Crippen LogP contribution < -0.4 is 4.74 Å². The largest absolute Gasteiger partial charge is 0.456 e. The third-order valence-corrected chi connectivity index (χ3v) is 2.74. The lowest BCUT2D eigenvalue weighted by Crippen LogP contribution is -1.86. The van der Waals surface area contributed by atoms with E-state index in [0.29, 0.717) is 21.5 Å². The number of ether oxygens (including phenoxy) is 1. The molecule has 0 heterocycles. The number of rotatable bonds is 3. The Balaban J connectivity index is 2.18. The number of hydrogen-bond acceptors (Lipinski definition) is 3. The van der Waals surface area contributed by atoms with Crippen molar-refractivity contribution in [2.45, 2.75) is 0 Å². The molecule has 3 nitrogen and oxygen atoms in total. The predicted molar refractivity (Wildman–Crippen MR) is 72.4 cm³/mol. The molecule has 2 aromatic carbocycles. The lowest BCUT2D eigenvalue weighted by molar-refractivity contribution is 0.322. The van der Waals surface area contributed by atoms with E-state index in [4.69, 9.17) is 33.1 Å². The van der Waals surface area contributed by atoms with Crippen molar-refractivity contribution in [3.63, 3.8) is 0 Å². The topological polar surface area (TPSA) is 41.8 Å². The van der Waals surface area contributed by atoms with Crippen molar-refractivity contribution < 1.29 is 9.94 Å². The number of nitrogens with zero attached hydrogens (tertiary/aromatic N) is 1. The molecule has 0 fully saturated rings. The summed E-state index contributed by atoms with van der Waals surface area (Å²) in [6.45, 7) is 0. The minimum atomic E-state index is 0.448. The zero-order chi connectivity index (χ0) is 13.0. The van der Waals surface area contributed by atoms with E-state index in [9.17, 15) is 0 Å². The molecule has 0 aromatic heterocycles. The van der Waals surface area contributed by atoms with Gasteiger partial charge in [0.15, 0.2) is 0 Å². The standard InChI is InChI=1S/C13H9Cl2NO2/c14-10-3-6-13(12(15)7-10)18-11-4-1-9(2-5-11)8-16-17/h1-8,17H. The van der Waals surface area contributed by atoms with Gasteiger partial charge in [0.1, 0.15) is 11.5 Å². The Morgan fingerprint density at radius 3 is 2.39 bits per heavy atom. The van der Waals surface area contributed by atoms with Crippen LogP contribution in [0.3, 0.4) is 0 Å². The second-order valence-corrected chi connectivity index (χ2v) is 4.33. The number of hydrogen-bond donors (Lipinski definition) is 1. The first-order valence-corrected chi connectivity index (χ1v) is 5.85. The predicted octanol–water partition coefficient (Wildman–Crippen LogP) is 4.59. The average molecular weight is 282 g/mol. The van der Waals surface area contributed by atoms with E-state index in [1.807, 2.05) is 0 Å². The quantitative estimate of drug-likeness (QED) is 0.508. The zero-order valence-electron chi connectivity index (χ0n) is 9.18. The van der Waals surface area contributed by atoms with E-state index >= 15 is 0 Å². The smallest absolute Gasteiger partial charge is 0.146 e. The van der Waals surface area contributed by atoms with Gasteiger partial charge in [-0.05, 0) is 48.0 Å². The lowest BCUT2D eigenvalue weighted by atomic mass is 10.2. The highest BCUT2D eigenvalue weighted by molar-refractivity contribution is 6.35. The second kappa shape index (κ2) is 5.76. The van der Waals surface area contributed by atoms with Gasteiger partial charge in [-0.2, -0.15) is 0 Å². The molecular formula is C13H9Cl2NO2. The van der Waals surface area contributed by atoms with Crippen molar-refractivity contribution in [2.24, 2.45) is 5.16 Å². The Labute approximate surface area is 114 Å². The number of benzene rings is 2. The summed E-state index contributed by atoms with van der Waals surface area (Å²) in [7, 11) is 0. The summed E-state index contributed by atoms with van der Waals surface area (Å²) in [6, 6.07) is 12.1. The molecule has 1 N–H and O–H groups in total. The van der Waals surface area contributed by atoms with Gasteiger partial charge in [0.05, 0.1) is 11.2 Å². The summed E-state index contributed by atoms with van der Waals surface area (Å²) in [6.07, 6.45) is 1.33. The first kappa shape index (κ1) is 12.7. The molecular weight excluding hydrogens is 273 g/mol. The van der Waals surface area contributed by atoms with Crippen molar-refractivity contribution in [2.75, 3.05) is 0 Å². The van der Waals surface area contributed by atoms with Crippen molar-refractivity contribution in [3.8, 4) is 11.5 Å². The normalized spacial score (nSPS) is 10.8. The Bertz CT molecular complexity index is 568. The molecule has 18 heavy (non-hydrogen) atoms. The Kier molecular flexibility index (Phi) is 4.07. The number of halogens is 2. The van der Waals surface area contributed by atoms with Gasteiger partial charge in [0.25, 0.3) is 0 Å². The first-order chi connectivity index (χ1) is 8.69. The van der Waals surface area contributed by atoms with Crippen LogP contribution in [0.25, 0.3) is 0 Å². The Morgan fingerprint density at radius 2 is 1.78 bits per heavy atom. The van der Waals surface area contributed by atoms with Crippen LogP contribution in [-0.4, -0.2) is 11.4 Å². The van der Waals surface area contributed by atoms with Gasteiger partial charge < -0.3 is 9.94 Å². The summed E-state index contributed by atoms with van der Waals surface area (Å²) in [5.41, 5.74) is 0.770. The fourth-order valence-corrected chi connectivity index (χ4v) is 1.82. The van der Waals surface area contributed by atoms with Crippen molar-refractivity contribution in [1.82, 2.24) is 0 Å². The summed E-state index contributed by atoms with van der Waals surface area (Å²) in [4.78, 5) is 0. The van der Waals surface area contributed by atoms with Gasteiger partial charge >= 0.3 is 0 Å². The molecule has 0 spiro atoms. The SMILES string of the molecule is ON=Cc1ccc(Oc2ccc(Cl)cc2Cl)cc1. The molecule has 5 heteroatoms. The lowest BCUT2D eigenvalue weighted by Gasteiger charge is -2.07. The van der Waals surface area contributed by atoms with Gasteiger partial charge in [-0.3, -0.25) is 0 Å². The van der Waals surface area contributed by atoms with Crippen molar-refractivity contribution in [1.29, 1.82) is 0 Å². The van der Waals surface area contributed by atoms with Crippen LogP contribution in [0.15, 0.2) is 47.6 Å². The molecule has 0 unspecified atom stereocenters. The zero-order valence-corrected chi connectivity index (χ0v) is 10.7. The highest BCUT2D eigenvalue weighted by Gasteiger charge is 2.03. The fraction of sp³-hybridized carbons (Fsp3) is 0. The molecule has 0 aliphatic heterocycles. The molecule has 0 amide bonds. The maximum Gasteiger partial charge on any atom is 0.146 e. The summed E-state index contributed by atoms with van der Waals surface area (Å²) in [5.74, 6) is 1.17. The van der Waals surface area contributed by atoms with Crippen LogP contribution in [0.5, 0.6) is 11.5 Å². The molecule has 2 rings (SSSR count). The van der Waals surface area contributed by atoms with Crippen molar-refractivity contribution in [3.05, 3.63) is 58.1 Å². The van der Waals surface area contributed by atoms with E-state index in [2.05, 4.69) is 5.16 Å². The number of oxime groups is 1. The summed E-state index contributed by atoms with van der Waals surface area (Å²) in [5, 5.41) is 12.3. The van der Waals surface area contributed by atoms with Gasteiger partial charge in [0.2, 0.25) is 0 Å². The van der Waals surface area contributed by atoms with E-state index in [1.165, 1.54) is 6.21 Å². The highest BCUT2D eigenvalue weighted by Crippen LogP contribution is 2.31. The van der Waals surface area contributed by atoms with Gasteiger partial charge in [0, 0.05) is 5.02 Å². The molecule has 0 atom stereocenters. The maximum absolute atomic E-state index is 8.39. The van der Waals surface area contributed by atoms with Crippen LogP contribution in [0, 0.1) is 0 Å². The molecule has 2 aromatic rings. The summed E-state index contributed by atoms with van der Waals surface area (Å²) < 4.78 is 5.60. The minimum Gasteiger partial charge on any atom is -0.456 e. The molecule has 0 aliphatic rings. The second-order valence-electron chi connectivity index (χ2n) is 3.49. The molecule has 0 aliphatic carbocycles. The van der Waals surface area contributed by atoms with Crippen LogP contribution in [0.2, 0.25) is 10.0 Å². The minimum absolute atomic E-state index is 0.448. The van der Waals surface area contributed by atoms with Crippen LogP contribution in [-0.2, 0) is 0 Å². The van der Waals surface area contributed by atoms with E-state index in [1.54, 1.807) is 42.5 Å². The fourth-order valence-electron chi connectivity index (χ4n) is 1.37. The van der Waals surface area contributed by atoms with Gasteiger partial charge in [-0.15, -0.1) is 0 Å². The van der Waals surface area contributed by atoms with Crippen LogP contribution in [0.4, 0.5) is 0 Å². The first-order valence-electron chi connectivity index (χ1n) is 5.09. The van der Waals surface area contributed by atoms with Crippen LogP contribution >= 0.6 is 23.2 Å². The molecule has 0 radical (unpaired) electrons. The highest BCUT2D eigenvalue weighted by atomic mass is 35.5. The van der Waals surface area contributed by atoms with E-state index in [0.717, 1.165) is 5.56 Å². The third kappa shape index (κ3) is 3.15. The molecule has 92 valence electrons. The average Bonchev–Trinajstić information content (AvgIpc) is 2.35. The monoisotopic (exact) mass is 281 g/mol. The maximum atomic E-state index is 8.39. The molecule has 0 bridgehead atoms. The van der Waals surface area contributed by atoms with Gasteiger partial charge in [-0.25, -0.2) is 0 Å².